The van der Waals surface area contributed by atoms with Crippen LogP contribution in [0.5, 0.6) is 0 Å². The number of hydrogen-bond donors (Lipinski definition) is 0. The summed E-state index contributed by atoms with van der Waals surface area (Å²) in [4.78, 5) is 28.9. The summed E-state index contributed by atoms with van der Waals surface area (Å²) in [5, 5.41) is 8.50. The molecular weight excluding hydrogens is 1250 g/mol. The second-order valence-corrected chi connectivity index (χ2v) is 27.5. The maximum Gasteiger partial charge on any atom is 0.211 e. The highest BCUT2D eigenvalue weighted by atomic mass is 16.3. The van der Waals surface area contributed by atoms with E-state index in [1.54, 1.807) is 0 Å². The van der Waals surface area contributed by atoms with Crippen LogP contribution in [0.25, 0.3) is 155 Å². The van der Waals surface area contributed by atoms with Crippen LogP contribution in [-0.4, -0.2) is 11.6 Å². The summed E-state index contributed by atoms with van der Waals surface area (Å²) in [5.74, 6) is 1.38. The molecule has 0 fully saturated rings. The van der Waals surface area contributed by atoms with Crippen molar-refractivity contribution in [2.45, 2.75) is 36.5 Å². The molecule has 6 heteroatoms. The highest BCUT2D eigenvalue weighted by Gasteiger charge is 2.53. The molecule has 0 saturated carbocycles. The Kier molecular flexibility index (Phi) is 13.0. The Morgan fingerprint density at radius 2 is 0.422 bits per heavy atom. The Labute approximate surface area is 587 Å². The van der Waals surface area contributed by atoms with Crippen LogP contribution in [0.4, 0.5) is 0 Å². The van der Waals surface area contributed by atoms with E-state index in [-0.39, 0.29) is 23.4 Å². The molecule has 0 radical (unpaired) electrons. The van der Waals surface area contributed by atoms with Crippen molar-refractivity contribution in [2.24, 2.45) is 0 Å². The second-order valence-electron chi connectivity index (χ2n) is 27.5. The predicted octanol–water partition coefficient (Wildman–Crippen LogP) is 25.1. The summed E-state index contributed by atoms with van der Waals surface area (Å²) in [6.07, 6.45) is 2.21. The lowest BCUT2D eigenvalue weighted by atomic mass is 9.59. The molecule has 0 aliphatic heterocycles. The topological polar surface area (TPSA) is 86.7 Å². The normalized spacial score (nSPS) is 16.2. The molecule has 6 nitrogen and oxygen atoms in total. The first-order valence-corrected chi connectivity index (χ1v) is 35.3. The molecule has 0 N–H and O–H groups in total. The average molecular weight is 1310 g/mol. The predicted molar refractivity (Wildman–Crippen MR) is 410 cm³/mol. The van der Waals surface area contributed by atoms with Gasteiger partial charge >= 0.3 is 0 Å². The van der Waals surface area contributed by atoms with Gasteiger partial charge in [0.25, 0.3) is 0 Å². The van der Waals surface area contributed by atoms with Gasteiger partial charge in [0, 0.05) is 77.9 Å². The third kappa shape index (κ3) is 8.47. The van der Waals surface area contributed by atoms with Gasteiger partial charge in [0.05, 0.1) is 11.8 Å². The van der Waals surface area contributed by atoms with Gasteiger partial charge in [0.15, 0.2) is 0 Å². The number of Topliss-reactive ketones (excluding diaryl/α,β-unsaturated/α-hetero) is 2. The molecule has 14 aromatic carbocycles. The van der Waals surface area contributed by atoms with Crippen LogP contribution in [0.1, 0.15) is 81.0 Å². The van der Waals surface area contributed by atoms with Gasteiger partial charge in [0.1, 0.15) is 45.4 Å². The molecule has 6 aliphatic carbocycles. The van der Waals surface area contributed by atoms with Gasteiger partial charge in [-0.3, -0.25) is 9.59 Å². The molecule has 0 amide bonds. The molecule has 4 atom stereocenters. The van der Waals surface area contributed by atoms with E-state index in [0.29, 0.717) is 11.5 Å². The molecule has 4 aromatic heterocycles. The molecule has 18 aromatic rings. The number of benzene rings is 14. The van der Waals surface area contributed by atoms with E-state index in [4.69, 9.17) is 17.7 Å². The standard InChI is InChI=1S/C48H28O4.C48H32O2/c49-45-39-29-19-7-8-20-30(29)40(46(45)50)44-42(48-38(28-17-5-2-6-18-28)34-24-12-14-26-36(34)52-48)32-22-10-9-21-31(32)41(43(39)44)47-37(27-15-3-1-4-16-27)33-23-11-13-25-35(33)51-47;1-3-15-29(16-4-1)41-37-23-11-13-25-39(37)49-47(41)45-33-21-9-10-22-34(33)46(44-36-28-27-35(43(44)45)31-19-7-8-20-32(31)36)48-42(30-17-5-2-6-18-30)38-24-12-14-26-40(38)50-48/h1-26,39-40H;1-26,35-36H,27-28H2. The fourth-order valence-corrected chi connectivity index (χ4v) is 18.3. The third-order valence-corrected chi connectivity index (χ3v) is 22.3. The number of hydrogen-bond acceptors (Lipinski definition) is 6. The number of furan rings is 4. The minimum absolute atomic E-state index is 0.242. The molecule has 102 heavy (non-hydrogen) atoms. The first-order valence-electron chi connectivity index (χ1n) is 35.3. The Morgan fingerprint density at radius 1 is 0.206 bits per heavy atom. The SMILES string of the molecule is O=C1C(=O)C2c3ccccc3C1c1c2c(-c2oc3ccccc3c2-c2ccccc2)c2ccccc2c1-c1oc2ccccc2c1-c1ccccc1.c1ccc(-c2c(-c3c4c(c(-c5oc6ccccc6c5-c5ccccc5)c5ccccc35)C3CCC4c4ccccc43)oc3ccccc23)cc1. The number of carbonyl (C=O) groups excluding carboxylic acids is 2. The van der Waals surface area contributed by atoms with Gasteiger partial charge in [-0.25, -0.2) is 0 Å². The van der Waals surface area contributed by atoms with Crippen LogP contribution < -0.4 is 0 Å². The highest BCUT2D eigenvalue weighted by molar-refractivity contribution is 6.46. The zero-order chi connectivity index (χ0) is 67.3. The van der Waals surface area contributed by atoms with E-state index in [9.17, 15) is 9.59 Å². The fraction of sp³-hybridized carbons (Fsp3) is 0.0625. The van der Waals surface area contributed by atoms with Gasteiger partial charge in [0.2, 0.25) is 11.6 Å². The zero-order valence-corrected chi connectivity index (χ0v) is 55.2. The molecule has 4 heterocycles. The molecule has 480 valence electrons. The van der Waals surface area contributed by atoms with E-state index >= 15 is 0 Å². The van der Waals surface area contributed by atoms with Crippen LogP contribution >= 0.6 is 0 Å². The van der Waals surface area contributed by atoms with Crippen molar-refractivity contribution in [1.29, 1.82) is 0 Å². The van der Waals surface area contributed by atoms with Crippen molar-refractivity contribution in [2.75, 3.05) is 0 Å². The van der Waals surface area contributed by atoms with Gasteiger partial charge in [-0.2, -0.15) is 0 Å². The molecule has 6 aliphatic rings. The first kappa shape index (κ1) is 58.1. The minimum Gasteiger partial charge on any atom is -0.455 e. The van der Waals surface area contributed by atoms with Gasteiger partial charge in [-0.05, 0) is 125 Å². The largest absolute Gasteiger partial charge is 0.455 e. The summed E-state index contributed by atoms with van der Waals surface area (Å²) >= 11 is 0. The first-order chi connectivity index (χ1) is 50.5. The van der Waals surface area contributed by atoms with Gasteiger partial charge in [-0.1, -0.05) is 291 Å². The van der Waals surface area contributed by atoms with Crippen molar-refractivity contribution in [3.63, 3.8) is 0 Å². The van der Waals surface area contributed by atoms with Crippen LogP contribution in [0.3, 0.4) is 0 Å². The lowest BCUT2D eigenvalue weighted by Gasteiger charge is -2.43. The molecule has 4 bridgehead atoms. The Hall–Kier alpha value is -12.9. The molecule has 4 unspecified atom stereocenters. The lowest BCUT2D eigenvalue weighted by molar-refractivity contribution is -0.138. The zero-order valence-electron chi connectivity index (χ0n) is 55.2. The van der Waals surface area contributed by atoms with Crippen molar-refractivity contribution in [3.05, 3.63) is 360 Å². The third-order valence-electron chi connectivity index (χ3n) is 22.3. The average Bonchev–Trinajstić information content (AvgIpc) is 1.03. The quantitative estimate of drug-likeness (QED) is 0.141. The monoisotopic (exact) mass is 1310 g/mol. The summed E-state index contributed by atoms with van der Waals surface area (Å²) in [7, 11) is 0. The second kappa shape index (κ2) is 22.8. The number of fused-ring (bicyclic) bond motifs is 8. The van der Waals surface area contributed by atoms with Crippen molar-refractivity contribution in [3.8, 4) is 89.8 Å². The summed E-state index contributed by atoms with van der Waals surface area (Å²) < 4.78 is 28.0. The van der Waals surface area contributed by atoms with Gasteiger partial charge in [-0.15, -0.1) is 0 Å². The highest BCUT2D eigenvalue weighted by Crippen LogP contribution is 2.64. The lowest BCUT2D eigenvalue weighted by Crippen LogP contribution is -2.41. The molecule has 24 rings (SSSR count). The Morgan fingerprint density at radius 3 is 0.696 bits per heavy atom. The van der Waals surface area contributed by atoms with E-state index in [2.05, 4.69) is 206 Å². The number of carbonyl (C=O) groups is 2. The summed E-state index contributed by atoms with van der Waals surface area (Å²) in [6.45, 7) is 0. The van der Waals surface area contributed by atoms with E-state index in [0.717, 1.165) is 146 Å². The van der Waals surface area contributed by atoms with E-state index in [1.807, 2.05) is 109 Å². The fourth-order valence-electron chi connectivity index (χ4n) is 18.3. The molecular formula is C96H60O6. The van der Waals surface area contributed by atoms with Crippen molar-refractivity contribution >= 4 is 77.0 Å². The van der Waals surface area contributed by atoms with Crippen LogP contribution in [-0.2, 0) is 9.59 Å². The van der Waals surface area contributed by atoms with E-state index < -0.39 is 11.8 Å². The maximum atomic E-state index is 14.4. The molecule has 0 saturated heterocycles. The van der Waals surface area contributed by atoms with Crippen LogP contribution in [0, 0.1) is 0 Å². The van der Waals surface area contributed by atoms with Crippen LogP contribution in [0.2, 0.25) is 0 Å². The number of para-hydroxylation sites is 4. The van der Waals surface area contributed by atoms with Crippen LogP contribution in [0.15, 0.2) is 333 Å². The molecule has 0 spiro atoms. The van der Waals surface area contributed by atoms with E-state index in [1.165, 1.54) is 55.3 Å². The number of ketones is 2. The summed E-state index contributed by atoms with van der Waals surface area (Å²) in [6, 6.07) is 110. The van der Waals surface area contributed by atoms with Gasteiger partial charge < -0.3 is 17.7 Å². The Bertz CT molecular complexity index is 6110. The minimum atomic E-state index is -0.802. The van der Waals surface area contributed by atoms with Crippen molar-refractivity contribution in [1.82, 2.24) is 0 Å². The smallest absolute Gasteiger partial charge is 0.211 e. The Balaban J connectivity index is 0.000000133. The maximum absolute atomic E-state index is 14.4. The summed E-state index contributed by atoms with van der Waals surface area (Å²) in [5.41, 5.74) is 25.1. The van der Waals surface area contributed by atoms with Crippen molar-refractivity contribution < 1.29 is 27.3 Å². The number of rotatable bonds is 8.